The number of pyridine rings is 1. The van der Waals surface area contributed by atoms with E-state index in [4.69, 9.17) is 0 Å². The standard InChI is InChI=1S/C30H31N5O7/c1-17-5-4-6-18(2)24(17)31-28(39)23-16-34-15-22(30(41)42)26(37)27(38)25(34)29(40)35(23)21-9-7-20(8-10-21)33-13-11-32(12-14-33)19(3)36/h4-10,15,23,38H,11-14,16H2,1-3H3,(H,31,39)(H,41,42). The highest BCUT2D eigenvalue weighted by molar-refractivity contribution is 6.13. The van der Waals surface area contributed by atoms with Gasteiger partial charge in [0.25, 0.3) is 5.91 Å². The number of aromatic nitrogens is 1. The summed E-state index contributed by atoms with van der Waals surface area (Å²) in [6.07, 6.45) is 0.984. The van der Waals surface area contributed by atoms with Gasteiger partial charge in [0, 0.05) is 56.4 Å². The maximum Gasteiger partial charge on any atom is 0.341 e. The van der Waals surface area contributed by atoms with E-state index in [9.17, 15) is 34.2 Å². The lowest BCUT2D eigenvalue weighted by molar-refractivity contribution is -0.129. The summed E-state index contributed by atoms with van der Waals surface area (Å²) in [5.74, 6) is -3.87. The van der Waals surface area contributed by atoms with Crippen LogP contribution in [-0.2, 0) is 16.1 Å². The zero-order valence-electron chi connectivity index (χ0n) is 23.5. The summed E-state index contributed by atoms with van der Waals surface area (Å²) < 4.78 is 1.15. The van der Waals surface area contributed by atoms with Gasteiger partial charge in [0.1, 0.15) is 11.6 Å². The number of nitrogens with zero attached hydrogens (tertiary/aromatic N) is 4. The third-order valence-corrected chi connectivity index (χ3v) is 7.84. The number of anilines is 3. The fourth-order valence-electron chi connectivity index (χ4n) is 5.51. The maximum atomic E-state index is 13.9. The molecule has 3 N–H and O–H groups in total. The molecule has 3 aromatic rings. The third-order valence-electron chi connectivity index (χ3n) is 7.84. The first-order valence-electron chi connectivity index (χ1n) is 13.5. The van der Waals surface area contributed by atoms with E-state index in [-0.39, 0.29) is 12.5 Å². The Hall–Kier alpha value is -5.13. The smallest absolute Gasteiger partial charge is 0.341 e. The molecule has 42 heavy (non-hydrogen) atoms. The molecule has 2 aliphatic rings. The van der Waals surface area contributed by atoms with Crippen LogP contribution < -0.4 is 20.5 Å². The number of aryl methyl sites for hydroxylation is 2. The topological polar surface area (TPSA) is 152 Å². The van der Waals surface area contributed by atoms with Crippen LogP contribution >= 0.6 is 0 Å². The number of carbonyl (C=O) groups is 4. The number of hydrogen-bond acceptors (Lipinski definition) is 7. The van der Waals surface area contributed by atoms with Gasteiger partial charge in [-0.05, 0) is 49.2 Å². The Bertz CT molecular complexity index is 1640. The summed E-state index contributed by atoms with van der Waals surface area (Å²) in [4.78, 5) is 68.7. The third kappa shape index (κ3) is 5.06. The molecule has 218 valence electrons. The lowest BCUT2D eigenvalue weighted by Crippen LogP contribution is -2.55. The molecule has 3 heterocycles. The van der Waals surface area contributed by atoms with Gasteiger partial charge in [0.2, 0.25) is 17.2 Å². The van der Waals surface area contributed by atoms with Crippen molar-refractivity contribution in [2.45, 2.75) is 33.4 Å². The van der Waals surface area contributed by atoms with Gasteiger partial charge in [-0.15, -0.1) is 0 Å². The van der Waals surface area contributed by atoms with Crippen LogP contribution in [0.5, 0.6) is 5.75 Å². The average Bonchev–Trinajstić information content (AvgIpc) is 2.96. The minimum Gasteiger partial charge on any atom is -0.503 e. The molecular formula is C30H31N5O7. The van der Waals surface area contributed by atoms with Crippen LogP contribution in [0.2, 0.25) is 0 Å². The number of carboxylic acid groups (broad SMARTS) is 1. The van der Waals surface area contributed by atoms with Crippen LogP contribution in [0.3, 0.4) is 0 Å². The molecule has 0 bridgehead atoms. The highest BCUT2D eigenvalue weighted by Gasteiger charge is 2.41. The molecule has 1 aromatic heterocycles. The summed E-state index contributed by atoms with van der Waals surface area (Å²) in [6, 6.07) is 11.4. The molecule has 1 atom stereocenters. The van der Waals surface area contributed by atoms with Crippen molar-refractivity contribution in [3.8, 4) is 5.75 Å². The van der Waals surface area contributed by atoms with E-state index in [0.717, 1.165) is 27.6 Å². The van der Waals surface area contributed by atoms with Gasteiger partial charge in [-0.2, -0.15) is 0 Å². The molecule has 1 unspecified atom stereocenters. The number of benzene rings is 2. The predicted molar refractivity (Wildman–Crippen MR) is 155 cm³/mol. The van der Waals surface area contributed by atoms with Crippen LogP contribution in [0, 0.1) is 13.8 Å². The Morgan fingerprint density at radius 3 is 2.07 bits per heavy atom. The zero-order chi connectivity index (χ0) is 30.3. The van der Waals surface area contributed by atoms with Gasteiger partial charge in [-0.1, -0.05) is 18.2 Å². The molecule has 5 rings (SSSR count). The Balaban J connectivity index is 1.53. The summed E-state index contributed by atoms with van der Waals surface area (Å²) >= 11 is 0. The van der Waals surface area contributed by atoms with Crippen molar-refractivity contribution in [1.82, 2.24) is 9.47 Å². The van der Waals surface area contributed by atoms with Gasteiger partial charge in [0.15, 0.2) is 11.4 Å². The van der Waals surface area contributed by atoms with E-state index in [2.05, 4.69) is 10.2 Å². The van der Waals surface area contributed by atoms with E-state index in [1.54, 1.807) is 24.0 Å². The molecule has 1 saturated heterocycles. The molecule has 12 nitrogen and oxygen atoms in total. The van der Waals surface area contributed by atoms with Crippen molar-refractivity contribution in [2.24, 2.45) is 0 Å². The van der Waals surface area contributed by atoms with Crippen molar-refractivity contribution in [3.63, 3.8) is 0 Å². The van der Waals surface area contributed by atoms with E-state index >= 15 is 0 Å². The molecule has 0 aliphatic carbocycles. The van der Waals surface area contributed by atoms with E-state index < -0.39 is 46.3 Å². The molecule has 0 radical (unpaired) electrons. The number of amides is 3. The molecule has 1 fully saturated rings. The Kier molecular flexibility index (Phi) is 7.46. The van der Waals surface area contributed by atoms with Gasteiger partial charge in [-0.25, -0.2) is 4.79 Å². The molecule has 2 aromatic carbocycles. The Morgan fingerprint density at radius 1 is 0.905 bits per heavy atom. The first-order valence-corrected chi connectivity index (χ1v) is 13.5. The van der Waals surface area contributed by atoms with E-state index in [1.807, 2.05) is 44.2 Å². The number of para-hydroxylation sites is 1. The number of carboxylic acids is 1. The summed E-state index contributed by atoms with van der Waals surface area (Å²) in [5.41, 5.74) is 1.17. The molecule has 0 spiro atoms. The first-order chi connectivity index (χ1) is 20.0. The Morgan fingerprint density at radius 2 is 1.50 bits per heavy atom. The molecule has 3 amide bonds. The second kappa shape index (κ2) is 11.0. The van der Waals surface area contributed by atoms with Crippen LogP contribution in [-0.4, -0.2) is 75.6 Å². The van der Waals surface area contributed by atoms with Crippen LogP contribution in [0.4, 0.5) is 17.1 Å². The van der Waals surface area contributed by atoms with Gasteiger partial charge < -0.3 is 29.9 Å². The largest absolute Gasteiger partial charge is 0.503 e. The van der Waals surface area contributed by atoms with Gasteiger partial charge in [0.05, 0.1) is 6.54 Å². The van der Waals surface area contributed by atoms with Crippen LogP contribution in [0.15, 0.2) is 53.5 Å². The number of hydrogen-bond donors (Lipinski definition) is 3. The molecule has 2 aliphatic heterocycles. The number of fused-ring (bicyclic) bond motifs is 1. The average molecular weight is 574 g/mol. The van der Waals surface area contributed by atoms with Crippen LogP contribution in [0.1, 0.15) is 38.9 Å². The summed E-state index contributed by atoms with van der Waals surface area (Å²) in [5, 5.41) is 23.0. The SMILES string of the molecule is CC(=O)N1CCN(c2ccc(N3C(=O)c4c(O)c(=O)c(C(=O)O)cn4CC3C(=O)Nc3c(C)cccc3C)cc2)CC1. The minimum atomic E-state index is -1.56. The zero-order valence-corrected chi connectivity index (χ0v) is 23.5. The van der Waals surface area contributed by atoms with Crippen molar-refractivity contribution in [3.05, 3.63) is 81.3 Å². The van der Waals surface area contributed by atoms with Gasteiger partial charge >= 0.3 is 5.97 Å². The second-order valence-corrected chi connectivity index (χ2v) is 10.5. The Labute approximate surface area is 241 Å². The number of aromatic hydroxyl groups is 1. The van der Waals surface area contributed by atoms with Gasteiger partial charge in [-0.3, -0.25) is 24.1 Å². The van der Waals surface area contributed by atoms with E-state index in [0.29, 0.717) is 37.6 Å². The monoisotopic (exact) mass is 573 g/mol. The minimum absolute atomic E-state index is 0.0249. The normalized spacial score (nSPS) is 16.7. The summed E-state index contributed by atoms with van der Waals surface area (Å²) in [6.45, 7) is 7.48. The van der Waals surface area contributed by atoms with Crippen LogP contribution in [0.25, 0.3) is 0 Å². The molecule has 12 heteroatoms. The number of piperazine rings is 1. The lowest BCUT2D eigenvalue weighted by Gasteiger charge is -2.38. The van der Waals surface area contributed by atoms with Crippen molar-refractivity contribution in [2.75, 3.05) is 41.3 Å². The number of rotatable bonds is 5. The second-order valence-electron chi connectivity index (χ2n) is 10.5. The fourth-order valence-corrected chi connectivity index (χ4v) is 5.51. The maximum absolute atomic E-state index is 13.9. The quantitative estimate of drug-likeness (QED) is 0.420. The fraction of sp³-hybridized carbons (Fsp3) is 0.300. The van der Waals surface area contributed by atoms with Crippen molar-refractivity contribution in [1.29, 1.82) is 0 Å². The highest BCUT2D eigenvalue weighted by atomic mass is 16.4. The lowest BCUT2D eigenvalue weighted by atomic mass is 10.0. The van der Waals surface area contributed by atoms with Crippen molar-refractivity contribution >= 4 is 40.8 Å². The van der Waals surface area contributed by atoms with Crippen molar-refractivity contribution < 1.29 is 29.4 Å². The summed E-state index contributed by atoms with van der Waals surface area (Å²) in [7, 11) is 0. The number of aromatic carboxylic acids is 1. The molecular weight excluding hydrogens is 542 g/mol. The predicted octanol–water partition coefficient (Wildman–Crippen LogP) is 2.21. The highest BCUT2D eigenvalue weighted by Crippen LogP contribution is 2.31. The number of nitrogens with one attached hydrogen (secondary N) is 1. The molecule has 0 saturated carbocycles. The van der Waals surface area contributed by atoms with E-state index in [1.165, 1.54) is 4.90 Å². The first kappa shape index (κ1) is 28.4. The number of carbonyl (C=O) groups excluding carboxylic acids is 3.